The van der Waals surface area contributed by atoms with Crippen molar-refractivity contribution in [3.05, 3.63) is 30.6 Å². The van der Waals surface area contributed by atoms with Gasteiger partial charge in [-0.25, -0.2) is 17.8 Å². The van der Waals surface area contributed by atoms with E-state index in [1.807, 2.05) is 20.8 Å². The molecule has 1 aromatic heterocycles. The average molecular weight is 346 g/mol. The Balaban J connectivity index is 2.23. The fraction of sp³-hybridized carbons (Fsp3) is 0.385. The Bertz CT molecular complexity index is 785. The maximum Gasteiger partial charge on any atom is 0.387 e. The van der Waals surface area contributed by atoms with Crippen molar-refractivity contribution in [3.8, 4) is 5.75 Å². The van der Waals surface area contributed by atoms with Gasteiger partial charge in [-0.1, -0.05) is 6.07 Å². The van der Waals surface area contributed by atoms with Gasteiger partial charge in [0.05, 0.1) is 10.4 Å². The Labute approximate surface area is 132 Å². The molecule has 0 saturated carbocycles. The van der Waals surface area contributed by atoms with E-state index in [0.717, 1.165) is 6.07 Å². The summed E-state index contributed by atoms with van der Waals surface area (Å²) >= 11 is 0. The zero-order valence-corrected chi connectivity index (χ0v) is 13.5. The number of alkyl halides is 2. The topological polar surface area (TPSA) is 86.1 Å². The van der Waals surface area contributed by atoms with Crippen molar-refractivity contribution in [1.29, 1.82) is 0 Å². The molecule has 0 aliphatic carbocycles. The molecule has 2 aromatic rings. The number of ether oxygens (including phenoxy) is 1. The van der Waals surface area contributed by atoms with Crippen molar-refractivity contribution in [3.63, 3.8) is 0 Å². The fourth-order valence-corrected chi connectivity index (χ4v) is 2.61. The van der Waals surface area contributed by atoms with Crippen LogP contribution in [0.1, 0.15) is 20.8 Å². The van der Waals surface area contributed by atoms with Gasteiger partial charge in [0, 0.05) is 6.07 Å². The Morgan fingerprint density at radius 3 is 2.57 bits per heavy atom. The molecule has 0 aliphatic rings. The number of nitrogens with one attached hydrogen (secondary N) is 1. The molecule has 0 bridgehead atoms. The van der Waals surface area contributed by atoms with Crippen LogP contribution in [0.5, 0.6) is 5.75 Å². The molecule has 0 saturated heterocycles. The molecule has 0 unspecified atom stereocenters. The summed E-state index contributed by atoms with van der Waals surface area (Å²) < 4.78 is 56.8. The highest BCUT2D eigenvalue weighted by atomic mass is 32.2. The first-order valence-electron chi connectivity index (χ1n) is 6.58. The quantitative estimate of drug-likeness (QED) is 0.899. The first kappa shape index (κ1) is 17.1. The van der Waals surface area contributed by atoms with E-state index in [1.54, 1.807) is 0 Å². The SMILES string of the molecule is CC(C)(C)n1cnc(NS(=O)(=O)c2cccc(OC(F)F)c2)n1. The van der Waals surface area contributed by atoms with Crippen LogP contribution < -0.4 is 9.46 Å². The number of halogens is 2. The number of hydrogen-bond acceptors (Lipinski definition) is 5. The standard InChI is InChI=1S/C13H16F2N4O3S/c1-13(2,3)19-8-16-12(17-19)18-23(20,21)10-6-4-5-9(7-10)22-11(14)15/h4-8,11H,1-3H3,(H,17,18). The molecule has 0 radical (unpaired) electrons. The van der Waals surface area contributed by atoms with E-state index in [0.29, 0.717) is 0 Å². The van der Waals surface area contributed by atoms with E-state index in [4.69, 9.17) is 0 Å². The van der Waals surface area contributed by atoms with E-state index in [-0.39, 0.29) is 22.1 Å². The summed E-state index contributed by atoms with van der Waals surface area (Å²) in [6.45, 7) is 2.60. The normalized spacial score (nSPS) is 12.4. The summed E-state index contributed by atoms with van der Waals surface area (Å²) in [6.07, 6.45) is 1.40. The third kappa shape index (κ3) is 4.38. The van der Waals surface area contributed by atoms with Crippen LogP contribution in [0.25, 0.3) is 0 Å². The molecule has 1 N–H and O–H groups in total. The van der Waals surface area contributed by atoms with Crippen LogP contribution in [0.15, 0.2) is 35.5 Å². The van der Waals surface area contributed by atoms with Gasteiger partial charge in [0.15, 0.2) is 0 Å². The van der Waals surface area contributed by atoms with Crippen LogP contribution in [0.3, 0.4) is 0 Å². The van der Waals surface area contributed by atoms with Crippen LogP contribution in [-0.2, 0) is 15.6 Å². The van der Waals surface area contributed by atoms with Crippen LogP contribution in [0, 0.1) is 0 Å². The molecule has 10 heteroatoms. The lowest BCUT2D eigenvalue weighted by Crippen LogP contribution is -2.22. The molecular formula is C13H16F2N4O3S. The summed E-state index contributed by atoms with van der Waals surface area (Å²) in [5, 5.41) is 4.03. The fourth-order valence-electron chi connectivity index (χ4n) is 1.63. The first-order chi connectivity index (χ1) is 10.6. The van der Waals surface area contributed by atoms with E-state index in [1.165, 1.54) is 29.2 Å². The summed E-state index contributed by atoms with van der Waals surface area (Å²) in [6, 6.07) is 4.78. The Hall–Kier alpha value is -2.23. The number of nitrogens with zero attached hydrogens (tertiary/aromatic N) is 3. The highest BCUT2D eigenvalue weighted by Crippen LogP contribution is 2.21. The smallest absolute Gasteiger partial charge is 0.387 e. The largest absolute Gasteiger partial charge is 0.435 e. The molecular weight excluding hydrogens is 330 g/mol. The number of hydrogen-bond donors (Lipinski definition) is 1. The van der Waals surface area contributed by atoms with Crippen molar-refractivity contribution in [2.45, 2.75) is 37.8 Å². The molecule has 126 valence electrons. The third-order valence-electron chi connectivity index (χ3n) is 2.75. The summed E-state index contributed by atoms with van der Waals surface area (Å²) in [4.78, 5) is 3.64. The molecule has 0 amide bonds. The Morgan fingerprint density at radius 2 is 2.00 bits per heavy atom. The van der Waals surface area contributed by atoms with Crippen LogP contribution in [-0.4, -0.2) is 29.8 Å². The van der Waals surface area contributed by atoms with Crippen LogP contribution in [0.4, 0.5) is 14.7 Å². The summed E-state index contributed by atoms with van der Waals surface area (Å²) in [7, 11) is -4.02. The molecule has 0 spiro atoms. The van der Waals surface area contributed by atoms with Gasteiger partial charge in [0.2, 0.25) is 0 Å². The molecule has 23 heavy (non-hydrogen) atoms. The monoisotopic (exact) mass is 346 g/mol. The van der Waals surface area contributed by atoms with Crippen LogP contribution >= 0.6 is 0 Å². The van der Waals surface area contributed by atoms with Crippen molar-refractivity contribution in [2.75, 3.05) is 4.72 Å². The molecule has 0 fully saturated rings. The van der Waals surface area contributed by atoms with E-state index in [9.17, 15) is 17.2 Å². The maximum absolute atomic E-state index is 12.3. The van der Waals surface area contributed by atoms with E-state index >= 15 is 0 Å². The third-order valence-corrected chi connectivity index (χ3v) is 4.07. The van der Waals surface area contributed by atoms with Gasteiger partial charge in [-0.3, -0.25) is 0 Å². The number of anilines is 1. The minimum Gasteiger partial charge on any atom is -0.435 e. The Kier molecular flexibility index (Phi) is 4.55. The van der Waals surface area contributed by atoms with Gasteiger partial charge < -0.3 is 4.74 Å². The maximum atomic E-state index is 12.3. The second kappa shape index (κ2) is 6.11. The van der Waals surface area contributed by atoms with Crippen molar-refractivity contribution in [1.82, 2.24) is 14.8 Å². The van der Waals surface area contributed by atoms with Crippen molar-refractivity contribution >= 4 is 16.0 Å². The lowest BCUT2D eigenvalue weighted by molar-refractivity contribution is -0.0499. The predicted octanol–water partition coefficient (Wildman–Crippen LogP) is 2.44. The van der Waals surface area contributed by atoms with Gasteiger partial charge in [0.25, 0.3) is 16.0 Å². The zero-order valence-electron chi connectivity index (χ0n) is 12.7. The highest BCUT2D eigenvalue weighted by molar-refractivity contribution is 7.92. The highest BCUT2D eigenvalue weighted by Gasteiger charge is 2.20. The molecule has 2 rings (SSSR count). The van der Waals surface area contributed by atoms with Crippen LogP contribution in [0.2, 0.25) is 0 Å². The molecule has 1 heterocycles. The molecule has 0 aliphatic heterocycles. The number of sulfonamides is 1. The lowest BCUT2D eigenvalue weighted by Gasteiger charge is -2.17. The number of aromatic nitrogens is 3. The summed E-state index contributed by atoms with van der Waals surface area (Å²) in [5.41, 5.74) is -0.359. The molecule has 1 aromatic carbocycles. The Morgan fingerprint density at radius 1 is 1.30 bits per heavy atom. The first-order valence-corrected chi connectivity index (χ1v) is 8.06. The molecule has 7 nitrogen and oxygen atoms in total. The van der Waals surface area contributed by atoms with Gasteiger partial charge in [0.1, 0.15) is 12.1 Å². The predicted molar refractivity (Wildman–Crippen MR) is 78.9 cm³/mol. The molecule has 0 atom stereocenters. The number of benzene rings is 1. The zero-order chi connectivity index (χ0) is 17.3. The van der Waals surface area contributed by atoms with Crippen molar-refractivity contribution < 1.29 is 21.9 Å². The lowest BCUT2D eigenvalue weighted by atomic mass is 10.1. The second-order valence-electron chi connectivity index (χ2n) is 5.64. The minimum absolute atomic E-state index is 0.111. The van der Waals surface area contributed by atoms with Gasteiger partial charge >= 0.3 is 6.61 Å². The van der Waals surface area contributed by atoms with E-state index < -0.39 is 16.6 Å². The summed E-state index contributed by atoms with van der Waals surface area (Å²) in [5.74, 6) is -0.365. The minimum atomic E-state index is -4.02. The van der Waals surface area contributed by atoms with Gasteiger partial charge in [-0.05, 0) is 32.9 Å². The second-order valence-corrected chi connectivity index (χ2v) is 7.32. The van der Waals surface area contributed by atoms with E-state index in [2.05, 4.69) is 19.5 Å². The number of rotatable bonds is 5. The average Bonchev–Trinajstić information content (AvgIpc) is 2.86. The van der Waals surface area contributed by atoms with Crippen molar-refractivity contribution in [2.24, 2.45) is 0 Å². The van der Waals surface area contributed by atoms with Gasteiger partial charge in [-0.15, -0.1) is 5.10 Å². The van der Waals surface area contributed by atoms with Gasteiger partial charge in [-0.2, -0.15) is 13.8 Å².